The molecule has 5 nitrogen and oxygen atoms in total. The molecule has 0 unspecified atom stereocenters. The van der Waals surface area contributed by atoms with E-state index in [1.54, 1.807) is 18.3 Å². The number of carboxylic acid groups (broad SMARTS) is 1. The average Bonchev–Trinajstić information content (AvgIpc) is 2.39. The van der Waals surface area contributed by atoms with E-state index in [4.69, 9.17) is 10.4 Å². The number of carboxylic acids is 1. The van der Waals surface area contributed by atoms with Gasteiger partial charge in [0, 0.05) is 25.7 Å². The Labute approximate surface area is 106 Å². The van der Waals surface area contributed by atoms with Crippen molar-refractivity contribution in [3.8, 4) is 6.07 Å². The lowest BCUT2D eigenvalue weighted by Crippen LogP contribution is -2.34. The molecule has 0 spiro atoms. The number of anilines is 1. The number of carbonyl (C=O) groups is 1. The highest BCUT2D eigenvalue weighted by atomic mass is 16.4. The van der Waals surface area contributed by atoms with Gasteiger partial charge in [-0.25, -0.2) is 4.98 Å². The lowest BCUT2D eigenvalue weighted by molar-refractivity contribution is -0.138. The van der Waals surface area contributed by atoms with Crippen LogP contribution < -0.4 is 4.90 Å². The van der Waals surface area contributed by atoms with Gasteiger partial charge < -0.3 is 10.0 Å². The number of aliphatic carboxylic acids is 1. The molecule has 0 bridgehead atoms. The maximum atomic E-state index is 10.6. The summed E-state index contributed by atoms with van der Waals surface area (Å²) in [5.41, 5.74) is 0.604. The quantitative estimate of drug-likeness (QED) is 0.876. The Morgan fingerprint density at radius 1 is 1.56 bits per heavy atom. The van der Waals surface area contributed by atoms with Crippen LogP contribution in [0.3, 0.4) is 0 Å². The summed E-state index contributed by atoms with van der Waals surface area (Å²) >= 11 is 0. The van der Waals surface area contributed by atoms with Crippen LogP contribution in [0, 0.1) is 17.2 Å². The van der Waals surface area contributed by atoms with Crippen molar-refractivity contribution >= 4 is 11.8 Å². The van der Waals surface area contributed by atoms with Crippen LogP contribution in [0.1, 0.15) is 24.8 Å². The Bertz CT molecular complexity index is 473. The van der Waals surface area contributed by atoms with Gasteiger partial charge in [0.1, 0.15) is 5.82 Å². The van der Waals surface area contributed by atoms with E-state index in [9.17, 15) is 4.79 Å². The Morgan fingerprint density at radius 3 is 2.89 bits per heavy atom. The number of hydrogen-bond donors (Lipinski definition) is 1. The molecule has 2 rings (SSSR count). The SMILES string of the molecule is N#Cc1ccnc(N2CCC(CC(=O)O)CC2)c1. The number of piperidine rings is 1. The van der Waals surface area contributed by atoms with E-state index in [2.05, 4.69) is 16.0 Å². The highest BCUT2D eigenvalue weighted by molar-refractivity contribution is 5.67. The molecule has 0 saturated carbocycles. The van der Waals surface area contributed by atoms with Gasteiger partial charge in [-0.2, -0.15) is 5.26 Å². The van der Waals surface area contributed by atoms with Gasteiger partial charge in [-0.3, -0.25) is 4.79 Å². The normalized spacial score (nSPS) is 16.3. The number of hydrogen-bond acceptors (Lipinski definition) is 4. The average molecular weight is 245 g/mol. The number of aromatic nitrogens is 1. The topological polar surface area (TPSA) is 77.2 Å². The molecule has 0 aliphatic carbocycles. The number of pyridine rings is 1. The van der Waals surface area contributed by atoms with Crippen molar-refractivity contribution in [1.82, 2.24) is 4.98 Å². The molecule has 1 aromatic rings. The van der Waals surface area contributed by atoms with Crippen molar-refractivity contribution in [2.45, 2.75) is 19.3 Å². The van der Waals surface area contributed by atoms with Crippen LogP contribution in [0.2, 0.25) is 0 Å². The van der Waals surface area contributed by atoms with E-state index in [1.807, 2.05) is 0 Å². The zero-order valence-electron chi connectivity index (χ0n) is 10.0. The van der Waals surface area contributed by atoms with E-state index in [0.717, 1.165) is 31.7 Å². The van der Waals surface area contributed by atoms with Gasteiger partial charge >= 0.3 is 5.97 Å². The van der Waals surface area contributed by atoms with E-state index >= 15 is 0 Å². The minimum absolute atomic E-state index is 0.250. The maximum Gasteiger partial charge on any atom is 0.303 e. The summed E-state index contributed by atoms with van der Waals surface area (Å²) in [6.07, 6.45) is 3.62. The van der Waals surface area contributed by atoms with Crippen LogP contribution in [0.25, 0.3) is 0 Å². The van der Waals surface area contributed by atoms with Crippen LogP contribution in [0.4, 0.5) is 5.82 Å². The van der Waals surface area contributed by atoms with Crippen LogP contribution in [0.15, 0.2) is 18.3 Å². The number of rotatable bonds is 3. The molecular formula is C13H15N3O2. The van der Waals surface area contributed by atoms with Gasteiger partial charge in [0.25, 0.3) is 0 Å². The van der Waals surface area contributed by atoms with E-state index in [-0.39, 0.29) is 12.3 Å². The molecule has 1 saturated heterocycles. The largest absolute Gasteiger partial charge is 0.481 e. The smallest absolute Gasteiger partial charge is 0.303 e. The molecular weight excluding hydrogens is 230 g/mol. The monoisotopic (exact) mass is 245 g/mol. The first-order valence-corrected chi connectivity index (χ1v) is 6.02. The van der Waals surface area contributed by atoms with E-state index in [1.165, 1.54) is 0 Å². The standard InChI is InChI=1S/C13H15N3O2/c14-9-11-1-4-15-12(7-11)16-5-2-10(3-6-16)8-13(17)18/h1,4,7,10H,2-3,5-6,8H2,(H,17,18). The number of nitrogens with zero attached hydrogens (tertiary/aromatic N) is 3. The highest BCUT2D eigenvalue weighted by Gasteiger charge is 2.22. The molecule has 0 atom stereocenters. The predicted octanol–water partition coefficient (Wildman–Crippen LogP) is 1.64. The van der Waals surface area contributed by atoms with Gasteiger partial charge in [-0.1, -0.05) is 0 Å². The third-order valence-corrected chi connectivity index (χ3v) is 3.28. The van der Waals surface area contributed by atoms with Crippen molar-refractivity contribution < 1.29 is 9.90 Å². The van der Waals surface area contributed by atoms with Crippen molar-refractivity contribution in [2.75, 3.05) is 18.0 Å². The molecule has 1 aliphatic rings. The summed E-state index contributed by atoms with van der Waals surface area (Å²) < 4.78 is 0. The van der Waals surface area contributed by atoms with Gasteiger partial charge in [0.2, 0.25) is 0 Å². The first-order valence-electron chi connectivity index (χ1n) is 6.02. The van der Waals surface area contributed by atoms with E-state index in [0.29, 0.717) is 5.56 Å². The summed E-state index contributed by atoms with van der Waals surface area (Å²) in [6, 6.07) is 5.55. The Kier molecular flexibility index (Phi) is 3.78. The highest BCUT2D eigenvalue weighted by Crippen LogP contribution is 2.24. The number of nitriles is 1. The summed E-state index contributed by atoms with van der Waals surface area (Å²) in [6.45, 7) is 1.61. The molecule has 1 aromatic heterocycles. The minimum Gasteiger partial charge on any atom is -0.481 e. The molecule has 5 heteroatoms. The lowest BCUT2D eigenvalue weighted by atomic mass is 9.93. The van der Waals surface area contributed by atoms with Crippen LogP contribution in [-0.2, 0) is 4.79 Å². The summed E-state index contributed by atoms with van der Waals surface area (Å²) in [7, 11) is 0. The molecule has 0 aromatic carbocycles. The van der Waals surface area contributed by atoms with Gasteiger partial charge in [0.15, 0.2) is 0 Å². The molecule has 1 fully saturated rings. The fraction of sp³-hybridized carbons (Fsp3) is 0.462. The molecule has 2 heterocycles. The molecule has 1 aliphatic heterocycles. The second-order valence-corrected chi connectivity index (χ2v) is 4.54. The van der Waals surface area contributed by atoms with Crippen molar-refractivity contribution in [2.24, 2.45) is 5.92 Å². The third-order valence-electron chi connectivity index (χ3n) is 3.28. The van der Waals surface area contributed by atoms with Crippen LogP contribution >= 0.6 is 0 Å². The van der Waals surface area contributed by atoms with Crippen molar-refractivity contribution in [3.63, 3.8) is 0 Å². The maximum absolute atomic E-state index is 10.6. The summed E-state index contributed by atoms with van der Waals surface area (Å²) in [5.74, 6) is 0.346. The summed E-state index contributed by atoms with van der Waals surface area (Å²) in [4.78, 5) is 17.0. The van der Waals surface area contributed by atoms with E-state index < -0.39 is 5.97 Å². The Balaban J connectivity index is 1.97. The van der Waals surface area contributed by atoms with Crippen LogP contribution in [0.5, 0.6) is 0 Å². The van der Waals surface area contributed by atoms with Gasteiger partial charge in [0.05, 0.1) is 11.6 Å². The molecule has 94 valence electrons. The first-order chi connectivity index (χ1) is 8.69. The van der Waals surface area contributed by atoms with Crippen LogP contribution in [-0.4, -0.2) is 29.1 Å². The molecule has 0 amide bonds. The lowest BCUT2D eigenvalue weighted by Gasteiger charge is -2.32. The Morgan fingerprint density at radius 2 is 2.28 bits per heavy atom. The minimum atomic E-state index is -0.724. The predicted molar refractivity (Wildman–Crippen MR) is 66.1 cm³/mol. The van der Waals surface area contributed by atoms with Crippen molar-refractivity contribution in [3.05, 3.63) is 23.9 Å². The first kappa shape index (κ1) is 12.4. The summed E-state index contributed by atoms with van der Waals surface area (Å²) in [5, 5.41) is 17.6. The fourth-order valence-corrected chi connectivity index (χ4v) is 2.27. The Hall–Kier alpha value is -2.09. The molecule has 0 radical (unpaired) electrons. The van der Waals surface area contributed by atoms with Gasteiger partial charge in [-0.15, -0.1) is 0 Å². The van der Waals surface area contributed by atoms with Crippen molar-refractivity contribution in [1.29, 1.82) is 5.26 Å². The fourth-order valence-electron chi connectivity index (χ4n) is 2.27. The van der Waals surface area contributed by atoms with Gasteiger partial charge in [-0.05, 0) is 30.9 Å². The molecule has 18 heavy (non-hydrogen) atoms. The molecule has 1 N–H and O–H groups in total. The zero-order chi connectivity index (χ0) is 13.0. The zero-order valence-corrected chi connectivity index (χ0v) is 10.0. The second-order valence-electron chi connectivity index (χ2n) is 4.54. The third kappa shape index (κ3) is 2.98. The second kappa shape index (κ2) is 5.50.